The van der Waals surface area contributed by atoms with Gasteiger partial charge in [-0.3, -0.25) is 10.1 Å². The number of aryl methyl sites for hydroxylation is 1. The van der Waals surface area contributed by atoms with Gasteiger partial charge in [0.25, 0.3) is 5.91 Å². The van der Waals surface area contributed by atoms with Crippen LogP contribution in [0.4, 0.5) is 18.3 Å². The molecule has 0 saturated carbocycles. The number of alkyl halides is 3. The van der Waals surface area contributed by atoms with E-state index in [1.54, 1.807) is 0 Å². The molecule has 4 rings (SSSR count). The van der Waals surface area contributed by atoms with Crippen molar-refractivity contribution in [2.24, 2.45) is 0 Å². The molecule has 0 spiro atoms. The highest BCUT2D eigenvalue weighted by molar-refractivity contribution is 7.22. The number of furan rings is 1. The molecule has 2 aromatic heterocycles. The number of hydrogen-bond donors (Lipinski definition) is 1. The van der Waals surface area contributed by atoms with Crippen molar-refractivity contribution in [3.63, 3.8) is 0 Å². The molecule has 142 valence electrons. The van der Waals surface area contributed by atoms with Gasteiger partial charge in [0.15, 0.2) is 10.9 Å². The van der Waals surface area contributed by atoms with E-state index in [-0.39, 0.29) is 17.1 Å². The van der Waals surface area contributed by atoms with Crippen LogP contribution in [0.5, 0.6) is 0 Å². The summed E-state index contributed by atoms with van der Waals surface area (Å²) in [6.07, 6.45) is -4.52. The van der Waals surface area contributed by atoms with Gasteiger partial charge in [-0.2, -0.15) is 13.2 Å². The number of nitrogens with one attached hydrogen (secondary N) is 1. The molecule has 28 heavy (non-hydrogen) atoms. The van der Waals surface area contributed by atoms with E-state index in [4.69, 9.17) is 4.42 Å². The molecule has 0 saturated heterocycles. The topological polar surface area (TPSA) is 55.1 Å². The molecule has 4 aromatic rings. The number of aromatic nitrogens is 1. The molecule has 0 fully saturated rings. The highest BCUT2D eigenvalue weighted by Crippen LogP contribution is 2.37. The van der Waals surface area contributed by atoms with Gasteiger partial charge in [-0.15, -0.1) is 0 Å². The summed E-state index contributed by atoms with van der Waals surface area (Å²) in [4.78, 5) is 16.8. The molecule has 0 aliphatic carbocycles. The molecule has 0 radical (unpaired) electrons. The number of fused-ring (bicyclic) bond motifs is 1. The second-order valence-electron chi connectivity index (χ2n) is 6.10. The summed E-state index contributed by atoms with van der Waals surface area (Å²) in [7, 11) is 0. The van der Waals surface area contributed by atoms with Gasteiger partial charge in [0, 0.05) is 5.56 Å². The Morgan fingerprint density at radius 1 is 1.07 bits per heavy atom. The first-order valence-corrected chi connectivity index (χ1v) is 9.08. The van der Waals surface area contributed by atoms with Crippen molar-refractivity contribution >= 4 is 32.6 Å². The Morgan fingerprint density at radius 3 is 2.61 bits per heavy atom. The molecule has 0 atom stereocenters. The third-order valence-corrected chi connectivity index (χ3v) is 5.10. The van der Waals surface area contributed by atoms with Gasteiger partial charge >= 0.3 is 6.18 Å². The number of rotatable bonds is 3. The van der Waals surface area contributed by atoms with Crippen molar-refractivity contribution in [2.75, 3.05) is 5.32 Å². The maximum atomic E-state index is 13.2. The van der Waals surface area contributed by atoms with Crippen LogP contribution in [0.3, 0.4) is 0 Å². The fraction of sp³-hybridized carbons (Fsp3) is 0.100. The van der Waals surface area contributed by atoms with E-state index in [2.05, 4.69) is 10.3 Å². The van der Waals surface area contributed by atoms with Crippen molar-refractivity contribution in [1.29, 1.82) is 0 Å². The number of benzene rings is 2. The van der Waals surface area contributed by atoms with Crippen LogP contribution in [0.1, 0.15) is 21.7 Å². The smallest absolute Gasteiger partial charge is 0.417 e. The average molecular weight is 402 g/mol. The van der Waals surface area contributed by atoms with Crippen molar-refractivity contribution in [2.45, 2.75) is 13.1 Å². The molecule has 4 nitrogen and oxygen atoms in total. The predicted octanol–water partition coefficient (Wildman–Crippen LogP) is 6.14. The maximum Gasteiger partial charge on any atom is 0.417 e. The van der Waals surface area contributed by atoms with Crippen molar-refractivity contribution < 1.29 is 22.4 Å². The molecule has 0 unspecified atom stereocenters. The van der Waals surface area contributed by atoms with Crippen LogP contribution in [-0.2, 0) is 6.18 Å². The Morgan fingerprint density at radius 2 is 1.86 bits per heavy atom. The van der Waals surface area contributed by atoms with Gasteiger partial charge in [-0.25, -0.2) is 4.98 Å². The lowest BCUT2D eigenvalue weighted by Gasteiger charge is -2.10. The average Bonchev–Trinajstić information content (AvgIpc) is 3.28. The quantitative estimate of drug-likeness (QED) is 0.448. The second-order valence-corrected chi connectivity index (χ2v) is 7.13. The number of thiazole rings is 1. The largest absolute Gasteiger partial charge is 0.451 e. The van der Waals surface area contributed by atoms with Crippen molar-refractivity contribution in [3.05, 3.63) is 71.5 Å². The maximum absolute atomic E-state index is 13.2. The number of anilines is 1. The fourth-order valence-electron chi connectivity index (χ4n) is 2.85. The summed E-state index contributed by atoms with van der Waals surface area (Å²) in [5, 5.41) is 3.03. The molecule has 1 N–H and O–H groups in total. The van der Waals surface area contributed by atoms with Gasteiger partial charge in [0.05, 0.1) is 15.8 Å². The summed E-state index contributed by atoms with van der Waals surface area (Å²) in [5.41, 5.74) is 0.836. The summed E-state index contributed by atoms with van der Waals surface area (Å²) in [5.74, 6) is -0.700. The number of carbonyl (C=O) groups excluding carboxylic acids is 1. The normalized spacial score (nSPS) is 11.7. The van der Waals surface area contributed by atoms with E-state index in [0.29, 0.717) is 5.13 Å². The zero-order valence-electron chi connectivity index (χ0n) is 14.5. The lowest BCUT2D eigenvalue weighted by Crippen LogP contribution is -2.10. The van der Waals surface area contributed by atoms with Crippen molar-refractivity contribution in [1.82, 2.24) is 4.98 Å². The van der Waals surface area contributed by atoms with E-state index in [1.807, 2.05) is 25.1 Å². The van der Waals surface area contributed by atoms with Gasteiger partial charge in [-0.05, 0) is 36.8 Å². The highest BCUT2D eigenvalue weighted by atomic mass is 32.1. The van der Waals surface area contributed by atoms with Crippen LogP contribution in [0.2, 0.25) is 0 Å². The zero-order chi connectivity index (χ0) is 19.9. The minimum Gasteiger partial charge on any atom is -0.451 e. The molecule has 0 aliphatic rings. The van der Waals surface area contributed by atoms with E-state index in [0.717, 1.165) is 21.8 Å². The predicted molar refractivity (Wildman–Crippen MR) is 101 cm³/mol. The van der Waals surface area contributed by atoms with E-state index in [9.17, 15) is 18.0 Å². The third kappa shape index (κ3) is 3.38. The van der Waals surface area contributed by atoms with Crippen molar-refractivity contribution in [3.8, 4) is 11.3 Å². The van der Waals surface area contributed by atoms with Crippen LogP contribution in [-0.4, -0.2) is 10.9 Å². The minimum absolute atomic E-state index is 0.0294. The standard InChI is InChI=1S/C20H13F3N2O2S/c1-11-5-4-8-16-17(11)24-19(28-16)25-18(26)15-10-9-14(27-15)12-6-2-3-7-13(12)20(21,22)23/h2-10H,1H3,(H,24,25,26). The van der Waals surface area contributed by atoms with Gasteiger partial charge in [0.2, 0.25) is 0 Å². The van der Waals surface area contributed by atoms with Crippen LogP contribution < -0.4 is 5.32 Å². The molecule has 0 aliphatic heterocycles. The summed E-state index contributed by atoms with van der Waals surface area (Å²) < 4.78 is 45.9. The zero-order valence-corrected chi connectivity index (χ0v) is 15.3. The van der Waals surface area contributed by atoms with Crippen LogP contribution in [0.15, 0.2) is 59.0 Å². The number of para-hydroxylation sites is 1. The Kier molecular flexibility index (Phi) is 4.43. The summed E-state index contributed by atoms with van der Waals surface area (Å²) in [6, 6.07) is 13.5. The molecular formula is C20H13F3N2O2S. The number of hydrogen-bond acceptors (Lipinski definition) is 4. The van der Waals surface area contributed by atoms with E-state index < -0.39 is 17.6 Å². The van der Waals surface area contributed by atoms with E-state index in [1.165, 1.54) is 41.7 Å². The molecule has 1 amide bonds. The van der Waals surface area contributed by atoms with Crippen LogP contribution in [0, 0.1) is 6.92 Å². The number of amides is 1. The molecule has 2 aromatic carbocycles. The SMILES string of the molecule is Cc1cccc2sc(NC(=O)c3ccc(-c4ccccc4C(F)(F)F)o3)nc12. The Bertz CT molecular complexity index is 1180. The van der Waals surface area contributed by atoms with E-state index >= 15 is 0 Å². The molecule has 8 heteroatoms. The Hall–Kier alpha value is -3.13. The molecular weight excluding hydrogens is 389 g/mol. The lowest BCUT2D eigenvalue weighted by atomic mass is 10.1. The Labute approximate surface area is 161 Å². The Balaban J connectivity index is 1.61. The third-order valence-electron chi connectivity index (χ3n) is 4.17. The monoisotopic (exact) mass is 402 g/mol. The first-order valence-electron chi connectivity index (χ1n) is 8.27. The first-order chi connectivity index (χ1) is 13.3. The van der Waals surface area contributed by atoms with Crippen LogP contribution in [0.25, 0.3) is 21.5 Å². The molecule has 2 heterocycles. The highest BCUT2D eigenvalue weighted by Gasteiger charge is 2.34. The first kappa shape index (κ1) is 18.2. The molecule has 0 bridgehead atoms. The minimum atomic E-state index is -4.52. The summed E-state index contributed by atoms with van der Waals surface area (Å²) in [6.45, 7) is 1.92. The van der Waals surface area contributed by atoms with Gasteiger partial charge in [0.1, 0.15) is 5.76 Å². The summed E-state index contributed by atoms with van der Waals surface area (Å²) >= 11 is 1.31. The second kappa shape index (κ2) is 6.79. The fourth-order valence-corrected chi connectivity index (χ4v) is 3.79. The van der Waals surface area contributed by atoms with Gasteiger partial charge in [-0.1, -0.05) is 41.7 Å². The number of carbonyl (C=O) groups is 1. The number of halogens is 3. The lowest BCUT2D eigenvalue weighted by molar-refractivity contribution is -0.137. The van der Waals surface area contributed by atoms with Gasteiger partial charge < -0.3 is 4.42 Å². The number of nitrogens with zero attached hydrogens (tertiary/aromatic N) is 1. The van der Waals surface area contributed by atoms with Crippen LogP contribution >= 0.6 is 11.3 Å².